The third kappa shape index (κ3) is 2.17. The van der Waals surface area contributed by atoms with Crippen LogP contribution in [-0.2, 0) is 4.74 Å². The van der Waals surface area contributed by atoms with Crippen molar-refractivity contribution in [1.29, 1.82) is 0 Å². The lowest BCUT2D eigenvalue weighted by molar-refractivity contribution is 0.101. The van der Waals surface area contributed by atoms with E-state index in [4.69, 9.17) is 9.47 Å². The van der Waals surface area contributed by atoms with Gasteiger partial charge >= 0.3 is 0 Å². The van der Waals surface area contributed by atoms with E-state index in [1.54, 1.807) is 19.1 Å². The molecule has 0 aromatic heterocycles. The average Bonchev–Trinajstić information content (AvgIpc) is 3.03. The van der Waals surface area contributed by atoms with Gasteiger partial charge in [-0.1, -0.05) is 0 Å². The van der Waals surface area contributed by atoms with Crippen LogP contribution in [0.4, 0.5) is 0 Å². The van der Waals surface area contributed by atoms with Gasteiger partial charge in [-0.15, -0.1) is 0 Å². The summed E-state index contributed by atoms with van der Waals surface area (Å²) in [6.45, 7) is 4.37. The predicted molar refractivity (Wildman–Crippen MR) is 58.1 cm³/mol. The van der Waals surface area contributed by atoms with Gasteiger partial charge in [0, 0.05) is 5.56 Å². The highest BCUT2D eigenvalue weighted by atomic mass is 16.6. The molecule has 16 heavy (non-hydrogen) atoms. The van der Waals surface area contributed by atoms with Crippen LogP contribution in [0.15, 0.2) is 12.1 Å². The van der Waals surface area contributed by atoms with Gasteiger partial charge < -0.3 is 14.6 Å². The van der Waals surface area contributed by atoms with Gasteiger partial charge in [-0.25, -0.2) is 0 Å². The van der Waals surface area contributed by atoms with Gasteiger partial charge in [0.1, 0.15) is 24.2 Å². The predicted octanol–water partition coefficient (Wildman–Crippen LogP) is 1.68. The highest BCUT2D eigenvalue weighted by Gasteiger charge is 2.23. The van der Waals surface area contributed by atoms with Crippen LogP contribution in [0.1, 0.15) is 22.8 Å². The fourth-order valence-electron chi connectivity index (χ4n) is 1.47. The minimum Gasteiger partial charge on any atom is -0.507 e. The van der Waals surface area contributed by atoms with Crippen molar-refractivity contribution in [2.45, 2.75) is 20.0 Å². The zero-order chi connectivity index (χ0) is 11.7. The number of rotatable bonds is 4. The molecule has 0 spiro atoms. The maximum atomic E-state index is 11.2. The van der Waals surface area contributed by atoms with Gasteiger partial charge in [0.05, 0.1) is 12.2 Å². The van der Waals surface area contributed by atoms with E-state index >= 15 is 0 Å². The fourth-order valence-corrected chi connectivity index (χ4v) is 1.47. The van der Waals surface area contributed by atoms with Gasteiger partial charge in [-0.05, 0) is 26.0 Å². The maximum Gasteiger partial charge on any atom is 0.163 e. The van der Waals surface area contributed by atoms with Crippen LogP contribution in [0.2, 0.25) is 0 Å². The molecule has 1 heterocycles. The smallest absolute Gasteiger partial charge is 0.163 e. The molecule has 0 saturated carbocycles. The van der Waals surface area contributed by atoms with Gasteiger partial charge in [-0.3, -0.25) is 4.79 Å². The normalized spacial score (nSPS) is 18.2. The first kappa shape index (κ1) is 11.0. The summed E-state index contributed by atoms with van der Waals surface area (Å²) in [5.41, 5.74) is 0.917. The number of phenolic OH excluding ortho intramolecular Hbond substituents is 1. The van der Waals surface area contributed by atoms with Crippen molar-refractivity contribution in [3.8, 4) is 11.5 Å². The monoisotopic (exact) mass is 222 g/mol. The van der Waals surface area contributed by atoms with Gasteiger partial charge in [0.2, 0.25) is 0 Å². The van der Waals surface area contributed by atoms with Crippen molar-refractivity contribution < 1.29 is 19.4 Å². The van der Waals surface area contributed by atoms with Crippen LogP contribution in [0.5, 0.6) is 11.5 Å². The fraction of sp³-hybridized carbons (Fsp3) is 0.417. The maximum absolute atomic E-state index is 11.2. The molecule has 2 rings (SSSR count). The van der Waals surface area contributed by atoms with Crippen molar-refractivity contribution in [2.24, 2.45) is 0 Å². The summed E-state index contributed by atoms with van der Waals surface area (Å²) >= 11 is 0. The molecule has 1 aromatic carbocycles. The van der Waals surface area contributed by atoms with Crippen molar-refractivity contribution in [2.75, 3.05) is 13.2 Å². The minimum absolute atomic E-state index is 0.00159. The number of carbonyl (C=O) groups is 1. The van der Waals surface area contributed by atoms with Crippen molar-refractivity contribution in [3.63, 3.8) is 0 Å². The third-order valence-corrected chi connectivity index (χ3v) is 2.59. The summed E-state index contributed by atoms with van der Waals surface area (Å²) in [6, 6.07) is 3.28. The Morgan fingerprint density at radius 1 is 1.62 bits per heavy atom. The van der Waals surface area contributed by atoms with E-state index in [1.165, 1.54) is 6.92 Å². The number of ketones is 1. The number of benzene rings is 1. The molecule has 1 atom stereocenters. The van der Waals surface area contributed by atoms with Gasteiger partial charge in [0.25, 0.3) is 0 Å². The van der Waals surface area contributed by atoms with E-state index in [2.05, 4.69) is 0 Å². The standard InChI is InChI=1S/C12H14O4/c1-7-11(16-6-9-5-15-9)4-3-10(8(2)13)12(7)14/h3-4,9,14H,5-6H2,1-2H3. The number of Topliss-reactive ketones (excluding diaryl/α,β-unsaturated/α-hetero) is 1. The van der Waals surface area contributed by atoms with Gasteiger partial charge in [-0.2, -0.15) is 0 Å². The second-order valence-electron chi connectivity index (χ2n) is 3.91. The van der Waals surface area contributed by atoms with Crippen molar-refractivity contribution >= 4 is 5.78 Å². The number of hydrogen-bond donors (Lipinski definition) is 1. The number of aromatic hydroxyl groups is 1. The molecule has 1 aromatic rings. The number of phenols is 1. The molecular weight excluding hydrogens is 208 g/mol. The van der Waals surface area contributed by atoms with Crippen molar-refractivity contribution in [1.82, 2.24) is 0 Å². The second kappa shape index (κ2) is 4.14. The lowest BCUT2D eigenvalue weighted by Crippen LogP contribution is -2.06. The van der Waals surface area contributed by atoms with E-state index in [0.717, 1.165) is 6.61 Å². The van der Waals surface area contributed by atoms with Crippen LogP contribution in [0.25, 0.3) is 0 Å². The molecule has 1 aliphatic rings. The lowest BCUT2D eigenvalue weighted by atomic mass is 10.1. The zero-order valence-electron chi connectivity index (χ0n) is 9.32. The third-order valence-electron chi connectivity index (χ3n) is 2.59. The molecular formula is C12H14O4. The van der Waals surface area contributed by atoms with E-state index in [0.29, 0.717) is 23.5 Å². The molecule has 4 heteroatoms. The zero-order valence-corrected chi connectivity index (χ0v) is 9.32. The van der Waals surface area contributed by atoms with Crippen LogP contribution in [-0.4, -0.2) is 30.2 Å². The molecule has 1 fully saturated rings. The Balaban J connectivity index is 2.19. The molecule has 1 unspecified atom stereocenters. The van der Waals surface area contributed by atoms with E-state index in [1.807, 2.05) is 0 Å². The molecule has 86 valence electrons. The summed E-state index contributed by atoms with van der Waals surface area (Å²) in [4.78, 5) is 11.2. The molecule has 0 aliphatic carbocycles. The molecule has 1 saturated heterocycles. The largest absolute Gasteiger partial charge is 0.507 e. The van der Waals surface area contributed by atoms with E-state index < -0.39 is 0 Å². The number of hydrogen-bond acceptors (Lipinski definition) is 4. The first-order valence-electron chi connectivity index (χ1n) is 5.17. The van der Waals surface area contributed by atoms with Crippen molar-refractivity contribution in [3.05, 3.63) is 23.3 Å². The Hall–Kier alpha value is -1.55. The Kier molecular flexibility index (Phi) is 2.83. The highest BCUT2D eigenvalue weighted by molar-refractivity contribution is 5.97. The SMILES string of the molecule is CC(=O)c1ccc(OCC2CO2)c(C)c1O. The van der Waals surface area contributed by atoms with Crippen LogP contribution in [0.3, 0.4) is 0 Å². The number of carbonyl (C=O) groups excluding carboxylic acids is 1. The van der Waals surface area contributed by atoms with Crippen LogP contribution < -0.4 is 4.74 Å². The second-order valence-corrected chi connectivity index (χ2v) is 3.91. The summed E-state index contributed by atoms with van der Waals surface area (Å²) < 4.78 is 10.5. The Morgan fingerprint density at radius 2 is 2.31 bits per heavy atom. The molecule has 0 amide bonds. The quantitative estimate of drug-likeness (QED) is 0.622. The first-order valence-corrected chi connectivity index (χ1v) is 5.17. The molecule has 1 aliphatic heterocycles. The summed E-state index contributed by atoms with van der Waals surface area (Å²) in [5, 5.41) is 9.80. The Labute approximate surface area is 93.8 Å². The highest BCUT2D eigenvalue weighted by Crippen LogP contribution is 2.31. The topological polar surface area (TPSA) is 59.1 Å². The minimum atomic E-state index is -0.155. The molecule has 1 N–H and O–H groups in total. The van der Waals surface area contributed by atoms with Crippen LogP contribution >= 0.6 is 0 Å². The van der Waals surface area contributed by atoms with E-state index in [9.17, 15) is 9.90 Å². The Morgan fingerprint density at radius 3 is 2.88 bits per heavy atom. The summed E-state index contributed by atoms with van der Waals surface area (Å²) in [5.74, 6) is 0.442. The van der Waals surface area contributed by atoms with Gasteiger partial charge in [0.15, 0.2) is 5.78 Å². The molecule has 0 bridgehead atoms. The number of epoxide rings is 1. The summed E-state index contributed by atoms with van der Waals surface area (Å²) in [7, 11) is 0. The van der Waals surface area contributed by atoms with E-state index in [-0.39, 0.29) is 17.6 Å². The summed E-state index contributed by atoms with van der Waals surface area (Å²) in [6.07, 6.45) is 0.175. The number of ether oxygens (including phenoxy) is 2. The first-order chi connectivity index (χ1) is 7.59. The Bertz CT molecular complexity index is 421. The average molecular weight is 222 g/mol. The molecule has 0 radical (unpaired) electrons. The lowest BCUT2D eigenvalue weighted by Gasteiger charge is -2.11. The molecule has 4 nitrogen and oxygen atoms in total. The van der Waals surface area contributed by atoms with Crippen LogP contribution in [0, 0.1) is 6.92 Å².